The largest absolute Gasteiger partial charge is 0.397 e. The smallest absolute Gasteiger partial charge is 0.276 e. The minimum absolute atomic E-state index is 0.0853. The highest BCUT2D eigenvalue weighted by Crippen LogP contribution is 2.30. The first-order chi connectivity index (χ1) is 17.4. The maximum Gasteiger partial charge on any atom is 0.276 e. The first-order valence-electron chi connectivity index (χ1n) is 11.8. The molecule has 0 spiro atoms. The van der Waals surface area contributed by atoms with Crippen LogP contribution in [0.3, 0.4) is 0 Å². The molecule has 2 amide bonds. The van der Waals surface area contributed by atoms with E-state index in [0.717, 1.165) is 36.0 Å². The second-order valence-corrected chi connectivity index (χ2v) is 8.94. The number of hydrogen-bond donors (Lipinski definition) is 4. The summed E-state index contributed by atoms with van der Waals surface area (Å²) in [4.78, 5) is 36.1. The zero-order valence-electron chi connectivity index (χ0n) is 19.6. The third-order valence-corrected chi connectivity index (χ3v) is 6.41. The minimum atomic E-state index is -0.516. The molecule has 3 heterocycles. The van der Waals surface area contributed by atoms with Crippen LogP contribution in [0.25, 0.3) is 22.0 Å². The van der Waals surface area contributed by atoms with E-state index >= 15 is 0 Å². The van der Waals surface area contributed by atoms with Gasteiger partial charge in [0.1, 0.15) is 0 Å². The van der Waals surface area contributed by atoms with Gasteiger partial charge in [-0.25, -0.2) is 4.98 Å². The van der Waals surface area contributed by atoms with Crippen molar-refractivity contribution in [3.05, 3.63) is 78.2 Å². The molecule has 9 heteroatoms. The van der Waals surface area contributed by atoms with Gasteiger partial charge < -0.3 is 27.4 Å². The summed E-state index contributed by atoms with van der Waals surface area (Å²) in [6.07, 6.45) is 5.27. The number of piperidine rings is 1. The van der Waals surface area contributed by atoms with Crippen LogP contribution < -0.4 is 27.4 Å². The summed E-state index contributed by atoms with van der Waals surface area (Å²) in [6, 6.07) is 16.3. The molecular formula is C27H27N7O2. The van der Waals surface area contributed by atoms with Crippen LogP contribution in [-0.4, -0.2) is 40.9 Å². The van der Waals surface area contributed by atoms with Crippen LogP contribution in [0.2, 0.25) is 0 Å². The Morgan fingerprint density at radius 2 is 1.92 bits per heavy atom. The van der Waals surface area contributed by atoms with Crippen molar-refractivity contribution in [2.45, 2.75) is 18.9 Å². The highest BCUT2D eigenvalue weighted by molar-refractivity contribution is 6.09. The van der Waals surface area contributed by atoms with Gasteiger partial charge in [-0.2, -0.15) is 0 Å². The summed E-state index contributed by atoms with van der Waals surface area (Å²) in [5.74, 6) is -0.953. The number of carbonyl (C=O) groups is 2. The number of rotatable bonds is 5. The quantitative estimate of drug-likeness (QED) is 0.341. The van der Waals surface area contributed by atoms with Crippen LogP contribution in [0.4, 0.5) is 17.1 Å². The summed E-state index contributed by atoms with van der Waals surface area (Å²) in [5.41, 5.74) is 22.2. The lowest BCUT2D eigenvalue weighted by atomic mass is 9.98. The molecule has 9 nitrogen and oxygen atoms in total. The molecule has 0 unspecified atom stereocenters. The molecule has 2 aromatic carbocycles. The van der Waals surface area contributed by atoms with E-state index in [9.17, 15) is 9.59 Å². The lowest BCUT2D eigenvalue weighted by Crippen LogP contribution is -2.43. The number of benzene rings is 2. The Morgan fingerprint density at radius 3 is 2.72 bits per heavy atom. The monoisotopic (exact) mass is 481 g/mol. The van der Waals surface area contributed by atoms with Gasteiger partial charge in [0, 0.05) is 36.3 Å². The number of nitrogens with zero attached hydrogens (tertiary/aromatic N) is 3. The van der Waals surface area contributed by atoms with Crippen LogP contribution in [0, 0.1) is 0 Å². The molecular weight excluding hydrogens is 454 g/mol. The van der Waals surface area contributed by atoms with Gasteiger partial charge >= 0.3 is 0 Å². The first-order valence-corrected chi connectivity index (χ1v) is 11.8. The number of aromatic nitrogens is 2. The molecule has 1 fully saturated rings. The summed E-state index contributed by atoms with van der Waals surface area (Å²) in [6.45, 7) is 1.56. The zero-order valence-corrected chi connectivity index (χ0v) is 19.6. The van der Waals surface area contributed by atoms with Crippen molar-refractivity contribution < 1.29 is 9.59 Å². The van der Waals surface area contributed by atoms with Crippen molar-refractivity contribution in [3.8, 4) is 11.1 Å². The Balaban J connectivity index is 1.48. The third kappa shape index (κ3) is 4.56. The minimum Gasteiger partial charge on any atom is -0.397 e. The predicted molar refractivity (Wildman–Crippen MR) is 142 cm³/mol. The lowest BCUT2D eigenvalue weighted by Gasteiger charge is -2.33. The highest BCUT2D eigenvalue weighted by Gasteiger charge is 2.21. The number of primary amides is 1. The molecule has 0 aliphatic carbocycles. The van der Waals surface area contributed by atoms with E-state index < -0.39 is 11.8 Å². The van der Waals surface area contributed by atoms with Gasteiger partial charge in [-0.1, -0.05) is 30.3 Å². The number of pyridine rings is 2. The lowest BCUT2D eigenvalue weighted by molar-refractivity contribution is 0.0997. The van der Waals surface area contributed by atoms with Gasteiger partial charge in [-0.3, -0.25) is 14.6 Å². The van der Waals surface area contributed by atoms with Crippen molar-refractivity contribution in [3.63, 3.8) is 0 Å². The van der Waals surface area contributed by atoms with E-state index in [1.54, 1.807) is 30.6 Å². The van der Waals surface area contributed by atoms with Gasteiger partial charge in [-0.15, -0.1) is 0 Å². The fourth-order valence-electron chi connectivity index (χ4n) is 4.65. The summed E-state index contributed by atoms with van der Waals surface area (Å²) >= 11 is 0. The Kier molecular flexibility index (Phi) is 6.22. The highest BCUT2D eigenvalue weighted by atomic mass is 16.2. The Morgan fingerprint density at radius 1 is 1.08 bits per heavy atom. The third-order valence-electron chi connectivity index (χ3n) is 6.41. The summed E-state index contributed by atoms with van der Waals surface area (Å²) in [5, 5.41) is 3.70. The molecule has 1 saturated heterocycles. The number of nitrogens with one attached hydrogen (secondary N) is 1. The van der Waals surface area contributed by atoms with Gasteiger partial charge in [0.15, 0.2) is 5.69 Å². The molecule has 2 aromatic heterocycles. The molecule has 4 aromatic rings. The Hall–Kier alpha value is -4.50. The number of amides is 2. The van der Waals surface area contributed by atoms with Crippen LogP contribution in [0.15, 0.2) is 67.0 Å². The number of carbonyl (C=O) groups excluding carboxylic acids is 2. The topological polar surface area (TPSA) is 153 Å². The van der Waals surface area contributed by atoms with E-state index in [4.69, 9.17) is 17.2 Å². The normalized spacial score (nSPS) is 15.6. The molecule has 0 radical (unpaired) electrons. The van der Waals surface area contributed by atoms with E-state index in [0.29, 0.717) is 28.9 Å². The van der Waals surface area contributed by atoms with E-state index in [1.807, 2.05) is 36.4 Å². The summed E-state index contributed by atoms with van der Waals surface area (Å²) in [7, 11) is 0. The predicted octanol–water partition coefficient (Wildman–Crippen LogP) is 3.16. The van der Waals surface area contributed by atoms with Crippen LogP contribution in [0.5, 0.6) is 0 Å². The van der Waals surface area contributed by atoms with Gasteiger partial charge in [-0.05, 0) is 48.2 Å². The first kappa shape index (κ1) is 23.3. The van der Waals surface area contributed by atoms with Gasteiger partial charge in [0.05, 0.1) is 28.8 Å². The molecule has 182 valence electrons. The molecule has 1 aliphatic heterocycles. The van der Waals surface area contributed by atoms with Crippen molar-refractivity contribution >= 4 is 39.8 Å². The number of nitrogen functional groups attached to an aromatic ring is 1. The van der Waals surface area contributed by atoms with Gasteiger partial charge in [0.25, 0.3) is 5.91 Å². The van der Waals surface area contributed by atoms with Crippen molar-refractivity contribution in [2.24, 2.45) is 11.5 Å². The number of hydrogen-bond acceptors (Lipinski definition) is 7. The zero-order chi connectivity index (χ0) is 25.2. The second-order valence-electron chi connectivity index (χ2n) is 8.94. The molecule has 1 aliphatic rings. The average Bonchev–Trinajstić information content (AvgIpc) is 2.88. The fourth-order valence-corrected chi connectivity index (χ4v) is 4.65. The van der Waals surface area contributed by atoms with Gasteiger partial charge in [0.2, 0.25) is 5.91 Å². The SMILES string of the molecule is NC(=O)c1ccccc1-c1ccc2cc(N)c(C(=O)Nc3cnccc3N3CCC[C@H](N)C3)nc2c1. The Labute approximate surface area is 208 Å². The van der Waals surface area contributed by atoms with E-state index in [1.165, 1.54) is 0 Å². The molecule has 36 heavy (non-hydrogen) atoms. The number of fused-ring (bicyclic) bond motifs is 1. The Bertz CT molecular complexity index is 1470. The average molecular weight is 482 g/mol. The van der Waals surface area contributed by atoms with E-state index in [-0.39, 0.29) is 17.4 Å². The van der Waals surface area contributed by atoms with Crippen molar-refractivity contribution in [1.29, 1.82) is 0 Å². The van der Waals surface area contributed by atoms with Crippen molar-refractivity contribution in [2.75, 3.05) is 29.0 Å². The molecule has 5 rings (SSSR count). The van der Waals surface area contributed by atoms with E-state index in [2.05, 4.69) is 20.2 Å². The fraction of sp³-hybridized carbons (Fsp3) is 0.185. The summed E-state index contributed by atoms with van der Waals surface area (Å²) < 4.78 is 0. The van der Waals surface area contributed by atoms with Crippen LogP contribution in [0.1, 0.15) is 33.7 Å². The van der Waals surface area contributed by atoms with Crippen molar-refractivity contribution in [1.82, 2.24) is 9.97 Å². The van der Waals surface area contributed by atoms with Crippen LogP contribution >= 0.6 is 0 Å². The molecule has 1 atom stereocenters. The standard InChI is InChI=1S/C27H27N7O2/c28-18-4-3-11-34(15-18)24-9-10-31-14-23(24)33-27(36)25-21(29)12-17-8-7-16(13-22(17)32-25)19-5-1-2-6-20(19)26(30)35/h1-2,5-10,12-14,18H,3-4,11,15,28-29H2,(H2,30,35)(H,33,36)/t18-/m0/s1. The molecule has 7 N–H and O–H groups in total. The number of nitrogens with two attached hydrogens (primary N) is 3. The molecule has 0 saturated carbocycles. The maximum absolute atomic E-state index is 13.3. The maximum atomic E-state index is 13.3. The number of anilines is 3. The van der Waals surface area contributed by atoms with Crippen LogP contribution in [-0.2, 0) is 0 Å². The second kappa shape index (κ2) is 9.63. The molecule has 0 bridgehead atoms.